The molecule has 0 amide bonds. The molecule has 3 rings (SSSR count). The van der Waals surface area contributed by atoms with Crippen molar-refractivity contribution in [3.05, 3.63) is 0 Å². The minimum Gasteiger partial charge on any atom is -0.378 e. The largest absolute Gasteiger partial charge is 0.378 e. The summed E-state index contributed by atoms with van der Waals surface area (Å²) in [7, 11) is 0. The zero-order valence-electron chi connectivity index (χ0n) is 11.6. The molecule has 0 spiro atoms. The number of likely N-dealkylation sites (tertiary alicyclic amines) is 1. The number of rotatable bonds is 6. The van der Waals surface area contributed by atoms with E-state index >= 15 is 0 Å². The molecule has 1 atom stereocenters. The van der Waals surface area contributed by atoms with E-state index in [1.165, 1.54) is 71.1 Å². The van der Waals surface area contributed by atoms with Crippen molar-refractivity contribution in [2.24, 2.45) is 5.92 Å². The van der Waals surface area contributed by atoms with Gasteiger partial charge in [-0.25, -0.2) is 0 Å². The van der Waals surface area contributed by atoms with E-state index < -0.39 is 0 Å². The van der Waals surface area contributed by atoms with Gasteiger partial charge in [-0.2, -0.15) is 0 Å². The van der Waals surface area contributed by atoms with Crippen LogP contribution in [0.2, 0.25) is 0 Å². The maximum atomic E-state index is 5.70. The first-order chi connectivity index (χ1) is 8.90. The molecule has 1 N–H and O–H groups in total. The fraction of sp³-hybridized carbons (Fsp3) is 1.00. The third-order valence-electron chi connectivity index (χ3n) is 4.77. The predicted octanol–water partition coefficient (Wildman–Crippen LogP) is 2.02. The molecule has 2 saturated heterocycles. The minimum atomic E-state index is 0.569. The van der Waals surface area contributed by atoms with Gasteiger partial charge in [0, 0.05) is 19.2 Å². The highest BCUT2D eigenvalue weighted by Gasteiger charge is 2.24. The molecule has 3 heteroatoms. The summed E-state index contributed by atoms with van der Waals surface area (Å²) in [6.07, 6.45) is 10.0. The topological polar surface area (TPSA) is 24.5 Å². The van der Waals surface area contributed by atoms with Gasteiger partial charge in [0.1, 0.15) is 0 Å². The Labute approximate surface area is 111 Å². The lowest BCUT2D eigenvalue weighted by atomic mass is 9.96. The van der Waals surface area contributed by atoms with E-state index in [0.717, 1.165) is 18.6 Å². The number of hydrogen-bond acceptors (Lipinski definition) is 3. The van der Waals surface area contributed by atoms with Crippen LogP contribution in [-0.2, 0) is 4.74 Å². The normalized spacial score (nSPS) is 31.0. The van der Waals surface area contributed by atoms with Crippen LogP contribution in [0.15, 0.2) is 0 Å². The van der Waals surface area contributed by atoms with Gasteiger partial charge in [-0.3, -0.25) is 0 Å². The van der Waals surface area contributed by atoms with Crippen LogP contribution >= 0.6 is 0 Å². The Hall–Kier alpha value is -0.120. The summed E-state index contributed by atoms with van der Waals surface area (Å²) in [6.45, 7) is 6.14. The molecule has 1 saturated carbocycles. The van der Waals surface area contributed by atoms with Crippen molar-refractivity contribution in [1.82, 2.24) is 10.2 Å². The van der Waals surface area contributed by atoms with Crippen molar-refractivity contribution in [2.45, 2.75) is 57.1 Å². The van der Waals surface area contributed by atoms with Crippen molar-refractivity contribution in [3.8, 4) is 0 Å². The fourth-order valence-corrected chi connectivity index (χ4v) is 3.23. The van der Waals surface area contributed by atoms with Crippen molar-refractivity contribution < 1.29 is 4.74 Å². The van der Waals surface area contributed by atoms with Gasteiger partial charge in [-0.05, 0) is 70.5 Å². The summed E-state index contributed by atoms with van der Waals surface area (Å²) >= 11 is 0. The molecule has 3 nitrogen and oxygen atoms in total. The van der Waals surface area contributed by atoms with Gasteiger partial charge in [-0.15, -0.1) is 0 Å². The fourth-order valence-electron chi connectivity index (χ4n) is 3.23. The summed E-state index contributed by atoms with van der Waals surface area (Å²) in [5.41, 5.74) is 0. The molecule has 2 aliphatic heterocycles. The van der Waals surface area contributed by atoms with Gasteiger partial charge in [0.25, 0.3) is 0 Å². The molecule has 2 heterocycles. The van der Waals surface area contributed by atoms with Crippen LogP contribution in [0.25, 0.3) is 0 Å². The van der Waals surface area contributed by atoms with Gasteiger partial charge in [0.15, 0.2) is 0 Å². The highest BCUT2D eigenvalue weighted by molar-refractivity contribution is 4.83. The number of ether oxygens (including phenoxy) is 1. The van der Waals surface area contributed by atoms with E-state index in [0.29, 0.717) is 6.10 Å². The molecule has 1 aliphatic carbocycles. The maximum absolute atomic E-state index is 5.70. The van der Waals surface area contributed by atoms with Crippen LogP contribution in [-0.4, -0.2) is 49.8 Å². The molecular formula is C15H28N2O. The molecule has 3 fully saturated rings. The lowest BCUT2D eigenvalue weighted by Gasteiger charge is -2.32. The van der Waals surface area contributed by atoms with Gasteiger partial charge in [0.05, 0.1) is 6.10 Å². The van der Waals surface area contributed by atoms with Crippen molar-refractivity contribution >= 4 is 0 Å². The third-order valence-corrected chi connectivity index (χ3v) is 4.77. The molecule has 104 valence electrons. The first kappa shape index (κ1) is 12.9. The van der Waals surface area contributed by atoms with E-state index in [1.54, 1.807) is 0 Å². The third kappa shape index (κ3) is 3.94. The van der Waals surface area contributed by atoms with Gasteiger partial charge < -0.3 is 15.0 Å². The van der Waals surface area contributed by atoms with Crippen molar-refractivity contribution in [1.29, 1.82) is 0 Å². The van der Waals surface area contributed by atoms with Gasteiger partial charge in [-0.1, -0.05) is 0 Å². The number of hydrogen-bond donors (Lipinski definition) is 1. The average molecular weight is 252 g/mol. The zero-order valence-corrected chi connectivity index (χ0v) is 11.6. The van der Waals surface area contributed by atoms with E-state index in [1.807, 2.05) is 0 Å². The Balaban J connectivity index is 1.27. The van der Waals surface area contributed by atoms with Crippen LogP contribution in [0.5, 0.6) is 0 Å². The van der Waals surface area contributed by atoms with Crippen LogP contribution in [0.3, 0.4) is 0 Å². The molecule has 0 bridgehead atoms. The maximum Gasteiger partial charge on any atom is 0.0588 e. The van der Waals surface area contributed by atoms with Gasteiger partial charge >= 0.3 is 0 Å². The van der Waals surface area contributed by atoms with E-state index in [-0.39, 0.29) is 0 Å². The van der Waals surface area contributed by atoms with Crippen LogP contribution < -0.4 is 5.32 Å². The van der Waals surface area contributed by atoms with Crippen LogP contribution in [0.4, 0.5) is 0 Å². The monoisotopic (exact) mass is 252 g/mol. The zero-order chi connectivity index (χ0) is 12.2. The molecule has 3 aliphatic rings. The van der Waals surface area contributed by atoms with Crippen molar-refractivity contribution in [3.63, 3.8) is 0 Å². The second kappa shape index (κ2) is 6.36. The Morgan fingerprint density at radius 3 is 2.56 bits per heavy atom. The number of piperidine rings is 1. The molecule has 1 unspecified atom stereocenters. The summed E-state index contributed by atoms with van der Waals surface area (Å²) < 4.78 is 5.70. The second-order valence-corrected chi connectivity index (χ2v) is 6.39. The Bertz CT molecular complexity index is 241. The lowest BCUT2D eigenvalue weighted by molar-refractivity contribution is 0.0850. The lowest BCUT2D eigenvalue weighted by Crippen LogP contribution is -2.38. The Kier molecular flexibility index (Phi) is 4.55. The minimum absolute atomic E-state index is 0.569. The molecular weight excluding hydrogens is 224 g/mol. The quantitative estimate of drug-likeness (QED) is 0.783. The molecule has 0 aromatic rings. The molecule has 18 heavy (non-hydrogen) atoms. The molecule has 0 aromatic heterocycles. The summed E-state index contributed by atoms with van der Waals surface area (Å²) in [6, 6.07) is 0.877. The summed E-state index contributed by atoms with van der Waals surface area (Å²) in [5.74, 6) is 0.935. The number of nitrogens with zero attached hydrogens (tertiary/aromatic N) is 1. The van der Waals surface area contributed by atoms with Crippen molar-refractivity contribution in [2.75, 3.05) is 32.8 Å². The summed E-state index contributed by atoms with van der Waals surface area (Å²) in [5, 5.41) is 3.68. The van der Waals surface area contributed by atoms with Gasteiger partial charge in [0.2, 0.25) is 0 Å². The smallest absolute Gasteiger partial charge is 0.0588 e. The highest BCUT2D eigenvalue weighted by Crippen LogP contribution is 2.22. The summed E-state index contributed by atoms with van der Waals surface area (Å²) in [4.78, 5) is 2.65. The van der Waals surface area contributed by atoms with E-state index in [9.17, 15) is 0 Å². The van der Waals surface area contributed by atoms with Crippen LogP contribution in [0.1, 0.15) is 44.9 Å². The van der Waals surface area contributed by atoms with E-state index in [2.05, 4.69) is 10.2 Å². The molecule has 0 radical (unpaired) electrons. The van der Waals surface area contributed by atoms with Crippen LogP contribution in [0, 0.1) is 5.92 Å². The second-order valence-electron chi connectivity index (χ2n) is 6.39. The predicted molar refractivity (Wildman–Crippen MR) is 73.8 cm³/mol. The first-order valence-corrected chi connectivity index (χ1v) is 7.97. The number of nitrogens with one attached hydrogen (secondary N) is 1. The Morgan fingerprint density at radius 1 is 1.06 bits per heavy atom. The highest BCUT2D eigenvalue weighted by atomic mass is 16.5. The van der Waals surface area contributed by atoms with E-state index in [4.69, 9.17) is 4.74 Å². The average Bonchev–Trinajstić information content (AvgIpc) is 3.09. The SMILES string of the molecule is C1COC(CCN2CCC(CNC3CC3)CC2)C1. The molecule has 0 aromatic carbocycles. The Morgan fingerprint density at radius 2 is 1.89 bits per heavy atom. The standard InChI is InChI=1S/C15H28N2O/c1-2-15(18-11-1)7-10-17-8-5-13(6-9-17)12-16-14-3-4-14/h13-16H,1-12H2. The first-order valence-electron chi connectivity index (χ1n) is 7.97.